The molecule has 2 heteroatoms. The summed E-state index contributed by atoms with van der Waals surface area (Å²) in [6.45, 7) is 4.54. The number of unbranched alkanes of at least 4 members (excludes halogenated alkanes) is 16. The van der Waals surface area contributed by atoms with Crippen LogP contribution in [0.2, 0.25) is 0 Å². The minimum atomic E-state index is -0.284. The number of hydrogen-bond donors (Lipinski definition) is 2. The summed E-state index contributed by atoms with van der Waals surface area (Å²) in [6.07, 6.45) is 25.8. The molecular formula is C24H51NO. The Kier molecular flexibility index (Phi) is 21.2. The molecule has 2 atom stereocenters. The lowest BCUT2D eigenvalue weighted by Gasteiger charge is -2.18. The standard InChI is InChI=1S/C24H51NO/c1-3-5-7-9-11-13-14-15-17-19-21-23(25)24(26)22-20-18-16-12-10-8-6-4-2/h23-24,26H,3-22,25H2,1-2H3. The molecule has 0 aliphatic rings. The van der Waals surface area contributed by atoms with Crippen LogP contribution < -0.4 is 5.73 Å². The van der Waals surface area contributed by atoms with E-state index >= 15 is 0 Å². The highest BCUT2D eigenvalue weighted by molar-refractivity contribution is 4.71. The first-order valence-corrected chi connectivity index (χ1v) is 12.2. The average Bonchev–Trinajstić information content (AvgIpc) is 2.65. The Balaban J connectivity index is 3.31. The second-order valence-electron chi connectivity index (χ2n) is 8.47. The van der Waals surface area contributed by atoms with Crippen molar-refractivity contribution in [1.82, 2.24) is 0 Å². The third-order valence-corrected chi connectivity index (χ3v) is 5.74. The van der Waals surface area contributed by atoms with Crippen LogP contribution >= 0.6 is 0 Å². The van der Waals surface area contributed by atoms with Gasteiger partial charge < -0.3 is 10.8 Å². The van der Waals surface area contributed by atoms with Crippen LogP contribution in [-0.2, 0) is 0 Å². The zero-order valence-corrected chi connectivity index (χ0v) is 18.3. The Hall–Kier alpha value is -0.0800. The molecule has 0 bridgehead atoms. The smallest absolute Gasteiger partial charge is 0.0691 e. The Bertz CT molecular complexity index is 257. The van der Waals surface area contributed by atoms with E-state index in [1.807, 2.05) is 0 Å². The lowest BCUT2D eigenvalue weighted by Crippen LogP contribution is -2.34. The molecule has 0 fully saturated rings. The largest absolute Gasteiger partial charge is 0.392 e. The summed E-state index contributed by atoms with van der Waals surface area (Å²) in [6, 6.07) is -0.00593. The molecule has 0 heterocycles. The molecule has 2 unspecified atom stereocenters. The van der Waals surface area contributed by atoms with Crippen molar-refractivity contribution in [1.29, 1.82) is 0 Å². The lowest BCUT2D eigenvalue weighted by molar-refractivity contribution is 0.126. The fraction of sp³-hybridized carbons (Fsp3) is 1.00. The third kappa shape index (κ3) is 18.7. The van der Waals surface area contributed by atoms with E-state index in [2.05, 4.69) is 13.8 Å². The first kappa shape index (κ1) is 25.9. The number of nitrogens with two attached hydrogens (primary N) is 1. The third-order valence-electron chi connectivity index (χ3n) is 5.74. The van der Waals surface area contributed by atoms with Crippen molar-refractivity contribution in [2.75, 3.05) is 0 Å². The topological polar surface area (TPSA) is 46.2 Å². The van der Waals surface area contributed by atoms with Gasteiger partial charge in [-0.05, 0) is 12.8 Å². The van der Waals surface area contributed by atoms with Gasteiger partial charge in [0.25, 0.3) is 0 Å². The fourth-order valence-corrected chi connectivity index (χ4v) is 3.76. The number of aliphatic hydroxyl groups is 1. The first-order valence-electron chi connectivity index (χ1n) is 12.2. The lowest BCUT2D eigenvalue weighted by atomic mass is 9.98. The summed E-state index contributed by atoms with van der Waals surface area (Å²) in [5.41, 5.74) is 6.17. The van der Waals surface area contributed by atoms with E-state index in [1.54, 1.807) is 0 Å². The Labute approximate surface area is 165 Å². The minimum absolute atomic E-state index is 0.00593. The van der Waals surface area contributed by atoms with Crippen LogP contribution in [0.5, 0.6) is 0 Å². The van der Waals surface area contributed by atoms with Crippen molar-refractivity contribution in [3.05, 3.63) is 0 Å². The molecule has 0 radical (unpaired) electrons. The summed E-state index contributed by atoms with van der Waals surface area (Å²) in [7, 11) is 0. The molecule has 0 spiro atoms. The van der Waals surface area contributed by atoms with Gasteiger partial charge in [0.15, 0.2) is 0 Å². The van der Waals surface area contributed by atoms with Crippen LogP contribution in [-0.4, -0.2) is 17.3 Å². The van der Waals surface area contributed by atoms with E-state index in [4.69, 9.17) is 5.73 Å². The van der Waals surface area contributed by atoms with Crippen molar-refractivity contribution >= 4 is 0 Å². The van der Waals surface area contributed by atoms with Crippen LogP contribution in [0, 0.1) is 0 Å². The summed E-state index contributed by atoms with van der Waals surface area (Å²) in [5, 5.41) is 10.2. The minimum Gasteiger partial charge on any atom is -0.392 e. The molecule has 0 saturated heterocycles. The van der Waals surface area contributed by atoms with Gasteiger partial charge in [-0.1, -0.05) is 129 Å². The van der Waals surface area contributed by atoms with Gasteiger partial charge in [0.05, 0.1) is 6.10 Å². The van der Waals surface area contributed by atoms with Gasteiger partial charge >= 0.3 is 0 Å². The molecule has 0 aliphatic carbocycles. The van der Waals surface area contributed by atoms with Crippen LogP contribution in [0.3, 0.4) is 0 Å². The molecule has 0 saturated carbocycles. The SMILES string of the molecule is CCCCCCCCCCCCC(N)C(O)CCCCCCCCCC. The predicted octanol–water partition coefficient (Wildman–Crippen LogP) is 7.52. The molecule has 158 valence electrons. The van der Waals surface area contributed by atoms with E-state index < -0.39 is 0 Å². The van der Waals surface area contributed by atoms with E-state index in [0.29, 0.717) is 0 Å². The molecule has 26 heavy (non-hydrogen) atoms. The van der Waals surface area contributed by atoms with Crippen LogP contribution in [0.25, 0.3) is 0 Å². The van der Waals surface area contributed by atoms with Gasteiger partial charge in [-0.15, -0.1) is 0 Å². The summed E-state index contributed by atoms with van der Waals surface area (Å²) >= 11 is 0. The maximum Gasteiger partial charge on any atom is 0.0691 e. The van der Waals surface area contributed by atoms with Crippen molar-refractivity contribution < 1.29 is 5.11 Å². The molecule has 0 rings (SSSR count). The highest BCUT2D eigenvalue weighted by Gasteiger charge is 2.13. The van der Waals surface area contributed by atoms with Gasteiger partial charge in [-0.2, -0.15) is 0 Å². The summed E-state index contributed by atoms with van der Waals surface area (Å²) in [4.78, 5) is 0. The summed E-state index contributed by atoms with van der Waals surface area (Å²) in [5.74, 6) is 0. The maximum atomic E-state index is 10.2. The van der Waals surface area contributed by atoms with Gasteiger partial charge in [-0.3, -0.25) is 0 Å². The molecule has 3 N–H and O–H groups in total. The predicted molar refractivity (Wildman–Crippen MR) is 118 cm³/mol. The van der Waals surface area contributed by atoms with Crippen LogP contribution in [0.15, 0.2) is 0 Å². The zero-order valence-electron chi connectivity index (χ0n) is 18.3. The molecule has 0 aromatic carbocycles. The normalized spacial score (nSPS) is 13.8. The van der Waals surface area contributed by atoms with Gasteiger partial charge in [0.2, 0.25) is 0 Å². The Morgan fingerprint density at radius 1 is 0.500 bits per heavy atom. The quantitative estimate of drug-likeness (QED) is 0.205. The maximum absolute atomic E-state index is 10.2. The number of aliphatic hydroxyl groups excluding tert-OH is 1. The first-order chi connectivity index (χ1) is 12.7. The highest BCUT2D eigenvalue weighted by atomic mass is 16.3. The molecule has 0 amide bonds. The van der Waals surface area contributed by atoms with Crippen molar-refractivity contribution in [2.24, 2.45) is 5.73 Å². The van der Waals surface area contributed by atoms with E-state index in [0.717, 1.165) is 19.3 Å². The van der Waals surface area contributed by atoms with Gasteiger partial charge in [-0.25, -0.2) is 0 Å². The molecular weight excluding hydrogens is 318 g/mol. The van der Waals surface area contributed by atoms with Crippen molar-refractivity contribution in [3.8, 4) is 0 Å². The molecule has 2 nitrogen and oxygen atoms in total. The van der Waals surface area contributed by atoms with E-state index in [9.17, 15) is 5.11 Å². The van der Waals surface area contributed by atoms with Gasteiger partial charge in [0, 0.05) is 6.04 Å². The Morgan fingerprint density at radius 2 is 0.808 bits per heavy atom. The van der Waals surface area contributed by atoms with Crippen molar-refractivity contribution in [3.63, 3.8) is 0 Å². The van der Waals surface area contributed by atoms with Crippen molar-refractivity contribution in [2.45, 2.75) is 154 Å². The number of hydrogen-bond acceptors (Lipinski definition) is 2. The van der Waals surface area contributed by atoms with E-state index in [1.165, 1.54) is 109 Å². The second-order valence-corrected chi connectivity index (χ2v) is 8.47. The number of rotatable bonds is 21. The average molecular weight is 370 g/mol. The van der Waals surface area contributed by atoms with Gasteiger partial charge in [0.1, 0.15) is 0 Å². The highest BCUT2D eigenvalue weighted by Crippen LogP contribution is 2.15. The van der Waals surface area contributed by atoms with Crippen LogP contribution in [0.1, 0.15) is 142 Å². The molecule has 0 aromatic heterocycles. The fourth-order valence-electron chi connectivity index (χ4n) is 3.76. The van der Waals surface area contributed by atoms with Crippen LogP contribution in [0.4, 0.5) is 0 Å². The summed E-state index contributed by atoms with van der Waals surface area (Å²) < 4.78 is 0. The molecule has 0 aliphatic heterocycles. The van der Waals surface area contributed by atoms with E-state index in [-0.39, 0.29) is 12.1 Å². The zero-order chi connectivity index (χ0) is 19.3. The second kappa shape index (κ2) is 21.2. The Morgan fingerprint density at radius 3 is 1.19 bits per heavy atom. The monoisotopic (exact) mass is 369 g/mol. The molecule has 0 aromatic rings.